The molecule has 0 bridgehead atoms. The normalized spacial score (nSPS) is 16.4. The lowest BCUT2D eigenvalue weighted by molar-refractivity contribution is -0.142. The summed E-state index contributed by atoms with van der Waals surface area (Å²) in [6.45, 7) is 3.94. The van der Waals surface area contributed by atoms with Crippen LogP contribution in [0.4, 0.5) is 0 Å². The quantitative estimate of drug-likeness (QED) is 0.780. The Labute approximate surface area is 145 Å². The highest BCUT2D eigenvalue weighted by atomic mass is 16.5. The van der Waals surface area contributed by atoms with Gasteiger partial charge in [-0.3, -0.25) is 19.6 Å². The zero-order valence-corrected chi connectivity index (χ0v) is 14.2. The molecule has 3 rings (SSSR count). The minimum Gasteiger partial charge on any atom is -0.481 e. The third-order valence-electron chi connectivity index (χ3n) is 4.87. The van der Waals surface area contributed by atoms with E-state index in [1.807, 2.05) is 31.2 Å². The molecule has 0 saturated heterocycles. The molecule has 1 aliphatic rings. The first-order valence-electron chi connectivity index (χ1n) is 8.23. The molecule has 25 heavy (non-hydrogen) atoms. The van der Waals surface area contributed by atoms with E-state index in [-0.39, 0.29) is 6.10 Å². The highest BCUT2D eigenvalue weighted by molar-refractivity contribution is 5.76. The average Bonchev–Trinajstić information content (AvgIpc) is 2.86. The van der Waals surface area contributed by atoms with Gasteiger partial charge < -0.3 is 9.84 Å². The van der Waals surface area contributed by atoms with Crippen LogP contribution in [0.5, 0.6) is 0 Å². The second-order valence-corrected chi connectivity index (χ2v) is 6.57. The molecule has 2 aromatic rings. The SMILES string of the molecule is CC(CC1(CC(C)C(=O)O)c2cccnc2-c2ncccc21)OC=O. The largest absolute Gasteiger partial charge is 0.481 e. The van der Waals surface area contributed by atoms with Crippen molar-refractivity contribution in [3.63, 3.8) is 0 Å². The lowest BCUT2D eigenvalue weighted by atomic mass is 9.69. The fourth-order valence-electron chi connectivity index (χ4n) is 3.87. The van der Waals surface area contributed by atoms with E-state index in [0.717, 1.165) is 22.5 Å². The fraction of sp³-hybridized carbons (Fsp3) is 0.368. The smallest absolute Gasteiger partial charge is 0.306 e. The van der Waals surface area contributed by atoms with E-state index >= 15 is 0 Å². The van der Waals surface area contributed by atoms with Gasteiger partial charge in [-0.15, -0.1) is 0 Å². The Morgan fingerprint density at radius 3 is 2.20 bits per heavy atom. The summed E-state index contributed by atoms with van der Waals surface area (Å²) < 4.78 is 5.13. The van der Waals surface area contributed by atoms with E-state index in [0.29, 0.717) is 19.3 Å². The van der Waals surface area contributed by atoms with Gasteiger partial charge >= 0.3 is 5.97 Å². The number of pyridine rings is 2. The maximum Gasteiger partial charge on any atom is 0.306 e. The molecule has 0 aliphatic heterocycles. The molecular weight excluding hydrogens is 320 g/mol. The molecule has 130 valence electrons. The third-order valence-corrected chi connectivity index (χ3v) is 4.87. The lowest BCUT2D eigenvalue weighted by Gasteiger charge is -2.34. The molecule has 6 heteroatoms. The maximum atomic E-state index is 11.5. The summed E-state index contributed by atoms with van der Waals surface area (Å²) in [7, 11) is 0. The summed E-state index contributed by atoms with van der Waals surface area (Å²) in [5, 5.41) is 9.47. The van der Waals surface area contributed by atoms with Gasteiger partial charge in [0.15, 0.2) is 0 Å². The van der Waals surface area contributed by atoms with Crippen LogP contribution in [-0.4, -0.2) is 33.6 Å². The highest BCUT2D eigenvalue weighted by Crippen LogP contribution is 2.52. The second kappa shape index (κ2) is 6.63. The molecule has 0 saturated carbocycles. The second-order valence-electron chi connectivity index (χ2n) is 6.57. The van der Waals surface area contributed by atoms with Crippen molar-refractivity contribution in [2.75, 3.05) is 0 Å². The van der Waals surface area contributed by atoms with Crippen molar-refractivity contribution in [3.05, 3.63) is 47.8 Å². The Hall–Kier alpha value is -2.76. The van der Waals surface area contributed by atoms with Crippen LogP contribution in [0.15, 0.2) is 36.7 Å². The van der Waals surface area contributed by atoms with Crippen LogP contribution >= 0.6 is 0 Å². The average molecular weight is 340 g/mol. The Kier molecular flexibility index (Phi) is 4.53. The summed E-state index contributed by atoms with van der Waals surface area (Å²) in [6, 6.07) is 7.62. The van der Waals surface area contributed by atoms with Crippen molar-refractivity contribution in [2.24, 2.45) is 5.92 Å². The number of aliphatic carboxylic acids is 1. The van der Waals surface area contributed by atoms with Crippen molar-refractivity contribution >= 4 is 12.4 Å². The zero-order valence-electron chi connectivity index (χ0n) is 14.2. The third kappa shape index (κ3) is 2.88. The number of hydrogen-bond donors (Lipinski definition) is 1. The number of fused-ring (bicyclic) bond motifs is 3. The van der Waals surface area contributed by atoms with E-state index in [2.05, 4.69) is 9.97 Å². The Balaban J connectivity index is 2.18. The molecule has 0 amide bonds. The zero-order chi connectivity index (χ0) is 18.0. The standard InChI is InChI=1S/C19H20N2O4/c1-12(18(23)24)9-19(10-13(2)25-11-22)14-5-3-7-20-16(14)17-15(19)6-4-8-21-17/h3-8,11-13H,9-10H2,1-2H3,(H,23,24). The molecule has 0 radical (unpaired) electrons. The van der Waals surface area contributed by atoms with Gasteiger partial charge in [0.2, 0.25) is 0 Å². The Morgan fingerprint density at radius 1 is 1.16 bits per heavy atom. The van der Waals surface area contributed by atoms with Gasteiger partial charge in [-0.25, -0.2) is 0 Å². The van der Waals surface area contributed by atoms with E-state index in [4.69, 9.17) is 4.74 Å². The van der Waals surface area contributed by atoms with Crippen molar-refractivity contribution in [3.8, 4) is 11.4 Å². The monoisotopic (exact) mass is 340 g/mol. The number of carboxylic acid groups (broad SMARTS) is 1. The lowest BCUT2D eigenvalue weighted by Crippen LogP contribution is -2.34. The number of carbonyl (C=O) groups excluding carboxylic acids is 1. The Bertz CT molecular complexity index is 760. The van der Waals surface area contributed by atoms with E-state index < -0.39 is 17.3 Å². The van der Waals surface area contributed by atoms with E-state index in [9.17, 15) is 14.7 Å². The summed E-state index contributed by atoms with van der Waals surface area (Å²) in [4.78, 5) is 31.3. The van der Waals surface area contributed by atoms with Crippen LogP contribution in [0.1, 0.15) is 37.8 Å². The van der Waals surface area contributed by atoms with Crippen molar-refractivity contribution < 1.29 is 19.4 Å². The predicted octanol–water partition coefficient (Wildman–Crippen LogP) is 2.81. The van der Waals surface area contributed by atoms with Crippen LogP contribution < -0.4 is 0 Å². The number of rotatable bonds is 7. The van der Waals surface area contributed by atoms with Gasteiger partial charge in [-0.2, -0.15) is 0 Å². The summed E-state index contributed by atoms with van der Waals surface area (Å²) in [5.41, 5.74) is 2.83. The first kappa shape index (κ1) is 17.1. The van der Waals surface area contributed by atoms with Gasteiger partial charge in [0.05, 0.1) is 23.4 Å². The fourth-order valence-corrected chi connectivity index (χ4v) is 3.87. The molecular formula is C19H20N2O4. The van der Waals surface area contributed by atoms with Gasteiger partial charge in [0, 0.05) is 17.8 Å². The molecule has 2 aromatic heterocycles. The highest BCUT2D eigenvalue weighted by Gasteiger charge is 2.47. The summed E-state index contributed by atoms with van der Waals surface area (Å²) in [6.07, 6.45) is 3.91. The van der Waals surface area contributed by atoms with Crippen molar-refractivity contribution in [2.45, 2.75) is 38.2 Å². The molecule has 0 fully saturated rings. The van der Waals surface area contributed by atoms with Crippen LogP contribution in [0.3, 0.4) is 0 Å². The van der Waals surface area contributed by atoms with Gasteiger partial charge in [-0.1, -0.05) is 19.1 Å². The summed E-state index contributed by atoms with van der Waals surface area (Å²) >= 11 is 0. The number of carbonyl (C=O) groups is 2. The van der Waals surface area contributed by atoms with Crippen LogP contribution in [0.2, 0.25) is 0 Å². The minimum absolute atomic E-state index is 0.363. The van der Waals surface area contributed by atoms with Crippen LogP contribution in [0, 0.1) is 5.92 Å². The molecule has 0 aromatic carbocycles. The molecule has 2 atom stereocenters. The first-order valence-corrected chi connectivity index (χ1v) is 8.23. The molecule has 1 aliphatic carbocycles. The van der Waals surface area contributed by atoms with Gasteiger partial charge in [0.1, 0.15) is 0 Å². The molecule has 2 unspecified atom stereocenters. The maximum absolute atomic E-state index is 11.5. The Morgan fingerprint density at radius 2 is 1.72 bits per heavy atom. The van der Waals surface area contributed by atoms with Gasteiger partial charge in [-0.05, 0) is 43.0 Å². The van der Waals surface area contributed by atoms with Crippen molar-refractivity contribution in [1.29, 1.82) is 0 Å². The number of hydrogen-bond acceptors (Lipinski definition) is 5. The minimum atomic E-state index is -0.855. The number of carboxylic acids is 1. The number of aromatic nitrogens is 2. The van der Waals surface area contributed by atoms with Crippen molar-refractivity contribution in [1.82, 2.24) is 9.97 Å². The molecule has 1 N–H and O–H groups in total. The number of ether oxygens (including phenoxy) is 1. The predicted molar refractivity (Wildman–Crippen MR) is 90.9 cm³/mol. The van der Waals surface area contributed by atoms with E-state index in [1.165, 1.54) is 0 Å². The van der Waals surface area contributed by atoms with Gasteiger partial charge in [0.25, 0.3) is 6.47 Å². The molecule has 6 nitrogen and oxygen atoms in total. The molecule has 0 spiro atoms. The van der Waals surface area contributed by atoms with Crippen LogP contribution in [-0.2, 0) is 19.7 Å². The van der Waals surface area contributed by atoms with Crippen LogP contribution in [0.25, 0.3) is 11.4 Å². The van der Waals surface area contributed by atoms with E-state index in [1.54, 1.807) is 19.3 Å². The first-order chi connectivity index (χ1) is 12.0. The number of nitrogens with zero attached hydrogens (tertiary/aromatic N) is 2. The molecule has 2 heterocycles. The topological polar surface area (TPSA) is 89.4 Å². The summed E-state index contributed by atoms with van der Waals surface area (Å²) in [5.74, 6) is -1.42.